The number of methoxy groups -OCH3 is 2. The Bertz CT molecular complexity index is 472. The summed E-state index contributed by atoms with van der Waals surface area (Å²) in [7, 11) is 7.28. The number of nitrogens with zero attached hydrogens (tertiary/aromatic N) is 1. The van der Waals surface area contributed by atoms with Crippen LogP contribution in [0, 0.1) is 0 Å². The van der Waals surface area contributed by atoms with Crippen LogP contribution in [0.4, 0.5) is 0 Å². The molecule has 0 aliphatic rings. The third kappa shape index (κ3) is 3.99. The lowest BCUT2D eigenvalue weighted by atomic mass is 9.84. The van der Waals surface area contributed by atoms with Crippen LogP contribution in [-0.4, -0.2) is 39.8 Å². The molecule has 1 aromatic rings. The molecule has 0 saturated heterocycles. The molecule has 0 aliphatic carbocycles. The first kappa shape index (κ1) is 16.5. The van der Waals surface area contributed by atoms with Crippen LogP contribution in [0.1, 0.15) is 18.9 Å². The molecule has 4 nitrogen and oxygen atoms in total. The zero-order valence-corrected chi connectivity index (χ0v) is 13.2. The van der Waals surface area contributed by atoms with Crippen molar-refractivity contribution in [3.05, 3.63) is 35.9 Å². The molecule has 4 heteroatoms. The van der Waals surface area contributed by atoms with E-state index in [9.17, 15) is 0 Å². The highest BCUT2D eigenvalue weighted by atomic mass is 16.5. The lowest BCUT2D eigenvalue weighted by Crippen LogP contribution is -2.45. The van der Waals surface area contributed by atoms with Gasteiger partial charge in [-0.05, 0) is 45.1 Å². The Labute approximate surface area is 122 Å². The van der Waals surface area contributed by atoms with Gasteiger partial charge in [-0.15, -0.1) is 6.58 Å². The van der Waals surface area contributed by atoms with Gasteiger partial charge in [0.1, 0.15) is 0 Å². The molecule has 2 N–H and O–H groups in total. The van der Waals surface area contributed by atoms with E-state index < -0.39 is 5.54 Å². The lowest BCUT2D eigenvalue weighted by Gasteiger charge is -2.33. The number of rotatable bonds is 7. The molecule has 112 valence electrons. The smallest absolute Gasteiger partial charge is 0.161 e. The molecule has 1 atom stereocenters. The summed E-state index contributed by atoms with van der Waals surface area (Å²) in [4.78, 5) is 2.08. The Kier molecular flexibility index (Phi) is 5.60. The van der Waals surface area contributed by atoms with Gasteiger partial charge in [-0.25, -0.2) is 0 Å². The zero-order chi connectivity index (χ0) is 15.3. The van der Waals surface area contributed by atoms with Crippen molar-refractivity contribution in [3.63, 3.8) is 0 Å². The van der Waals surface area contributed by atoms with E-state index in [2.05, 4.69) is 11.5 Å². The number of likely N-dealkylation sites (N-methyl/N-ethyl adjacent to an activating group) is 1. The molecule has 0 saturated carbocycles. The molecule has 0 radical (unpaired) electrons. The number of ether oxygens (including phenoxy) is 2. The first-order valence-corrected chi connectivity index (χ1v) is 6.63. The molecule has 1 unspecified atom stereocenters. The maximum atomic E-state index is 6.64. The Balaban J connectivity index is 3.22. The summed E-state index contributed by atoms with van der Waals surface area (Å²) in [5, 5.41) is 0. The van der Waals surface area contributed by atoms with E-state index in [1.165, 1.54) is 0 Å². The predicted molar refractivity (Wildman–Crippen MR) is 83.4 cm³/mol. The molecule has 1 rings (SSSR count). The summed E-state index contributed by atoms with van der Waals surface area (Å²) in [6.07, 6.45) is 0.723. The summed E-state index contributed by atoms with van der Waals surface area (Å²) >= 11 is 0. The standard InChI is InChI=1S/C16H26N2O2/c1-12(2)10-16(17,11-18(3)4)13-7-8-14(19-5)15(9-13)20-6/h7-9H,1,10-11,17H2,2-6H3. The highest BCUT2D eigenvalue weighted by molar-refractivity contribution is 5.45. The van der Waals surface area contributed by atoms with Gasteiger partial charge < -0.3 is 20.1 Å². The summed E-state index contributed by atoms with van der Waals surface area (Å²) in [5.74, 6) is 1.40. The van der Waals surface area contributed by atoms with E-state index in [0.717, 1.165) is 24.1 Å². The average molecular weight is 278 g/mol. The van der Waals surface area contributed by atoms with E-state index in [4.69, 9.17) is 15.2 Å². The van der Waals surface area contributed by atoms with Crippen LogP contribution in [0.5, 0.6) is 11.5 Å². The Morgan fingerprint density at radius 2 is 1.85 bits per heavy atom. The second-order valence-electron chi connectivity index (χ2n) is 5.60. The average Bonchev–Trinajstić information content (AvgIpc) is 2.35. The van der Waals surface area contributed by atoms with Crippen molar-refractivity contribution < 1.29 is 9.47 Å². The monoisotopic (exact) mass is 278 g/mol. The maximum Gasteiger partial charge on any atom is 0.161 e. The van der Waals surface area contributed by atoms with Gasteiger partial charge in [0.2, 0.25) is 0 Å². The van der Waals surface area contributed by atoms with Gasteiger partial charge in [0, 0.05) is 6.54 Å². The number of hydrogen-bond acceptors (Lipinski definition) is 4. The van der Waals surface area contributed by atoms with E-state index in [1.807, 2.05) is 39.2 Å². The number of nitrogens with two attached hydrogens (primary N) is 1. The van der Waals surface area contributed by atoms with Gasteiger partial charge in [0.25, 0.3) is 0 Å². The summed E-state index contributed by atoms with van der Waals surface area (Å²) in [5.41, 5.74) is 8.23. The molecule has 20 heavy (non-hydrogen) atoms. The second kappa shape index (κ2) is 6.77. The van der Waals surface area contributed by atoms with Gasteiger partial charge >= 0.3 is 0 Å². The van der Waals surface area contributed by atoms with E-state index in [1.54, 1.807) is 14.2 Å². The molecule has 0 spiro atoms. The molecule has 0 fully saturated rings. The topological polar surface area (TPSA) is 47.7 Å². The molecule has 0 bridgehead atoms. The van der Waals surface area contributed by atoms with Crippen molar-refractivity contribution in [1.82, 2.24) is 4.90 Å². The van der Waals surface area contributed by atoms with E-state index >= 15 is 0 Å². The maximum absolute atomic E-state index is 6.64. The van der Waals surface area contributed by atoms with Crippen LogP contribution in [0.3, 0.4) is 0 Å². The number of benzene rings is 1. The van der Waals surface area contributed by atoms with Gasteiger partial charge in [-0.1, -0.05) is 11.6 Å². The van der Waals surface area contributed by atoms with Crippen LogP contribution in [-0.2, 0) is 5.54 Å². The second-order valence-corrected chi connectivity index (χ2v) is 5.60. The van der Waals surface area contributed by atoms with Gasteiger partial charge in [0.15, 0.2) is 11.5 Å². The van der Waals surface area contributed by atoms with Crippen LogP contribution < -0.4 is 15.2 Å². The molecule has 0 aliphatic heterocycles. The third-order valence-electron chi connectivity index (χ3n) is 3.17. The van der Waals surface area contributed by atoms with Crippen molar-refractivity contribution in [1.29, 1.82) is 0 Å². The zero-order valence-electron chi connectivity index (χ0n) is 13.2. The summed E-state index contributed by atoms with van der Waals surface area (Å²) in [6.45, 7) is 6.72. The van der Waals surface area contributed by atoms with Crippen molar-refractivity contribution in [2.75, 3.05) is 34.9 Å². The molecule has 0 heterocycles. The first-order valence-electron chi connectivity index (χ1n) is 6.63. The molecule has 0 amide bonds. The Morgan fingerprint density at radius 1 is 1.25 bits per heavy atom. The molecule has 0 aromatic heterocycles. The van der Waals surface area contributed by atoms with Gasteiger partial charge in [-0.3, -0.25) is 0 Å². The lowest BCUT2D eigenvalue weighted by molar-refractivity contribution is 0.282. The van der Waals surface area contributed by atoms with Crippen molar-refractivity contribution in [3.8, 4) is 11.5 Å². The van der Waals surface area contributed by atoms with Gasteiger partial charge in [0.05, 0.1) is 19.8 Å². The largest absolute Gasteiger partial charge is 0.493 e. The van der Waals surface area contributed by atoms with Crippen molar-refractivity contribution in [2.24, 2.45) is 5.73 Å². The Hall–Kier alpha value is -1.52. The van der Waals surface area contributed by atoms with Crippen LogP contribution >= 0.6 is 0 Å². The van der Waals surface area contributed by atoms with E-state index in [-0.39, 0.29) is 0 Å². The van der Waals surface area contributed by atoms with Crippen LogP contribution in [0.15, 0.2) is 30.4 Å². The van der Waals surface area contributed by atoms with Gasteiger partial charge in [-0.2, -0.15) is 0 Å². The fourth-order valence-electron chi connectivity index (χ4n) is 2.50. The fraction of sp³-hybridized carbons (Fsp3) is 0.500. The Morgan fingerprint density at radius 3 is 2.30 bits per heavy atom. The SMILES string of the molecule is C=C(C)CC(N)(CN(C)C)c1ccc(OC)c(OC)c1. The van der Waals surface area contributed by atoms with Crippen molar-refractivity contribution >= 4 is 0 Å². The summed E-state index contributed by atoms with van der Waals surface area (Å²) in [6, 6.07) is 5.84. The minimum atomic E-state index is -0.491. The quantitative estimate of drug-likeness (QED) is 0.778. The number of hydrogen-bond donors (Lipinski definition) is 1. The third-order valence-corrected chi connectivity index (χ3v) is 3.17. The van der Waals surface area contributed by atoms with Crippen LogP contribution in [0.25, 0.3) is 0 Å². The first-order chi connectivity index (χ1) is 9.32. The molecular weight excluding hydrogens is 252 g/mol. The minimum absolute atomic E-state index is 0.491. The minimum Gasteiger partial charge on any atom is -0.493 e. The van der Waals surface area contributed by atoms with Crippen LogP contribution in [0.2, 0.25) is 0 Å². The predicted octanol–water partition coefficient (Wildman–Crippen LogP) is 2.39. The van der Waals surface area contributed by atoms with Crippen molar-refractivity contribution in [2.45, 2.75) is 18.9 Å². The highest BCUT2D eigenvalue weighted by Gasteiger charge is 2.29. The highest BCUT2D eigenvalue weighted by Crippen LogP contribution is 2.34. The van der Waals surface area contributed by atoms with E-state index in [0.29, 0.717) is 11.5 Å². The molecule has 1 aromatic carbocycles. The fourth-order valence-corrected chi connectivity index (χ4v) is 2.50. The molecular formula is C16H26N2O2. The summed E-state index contributed by atoms with van der Waals surface area (Å²) < 4.78 is 10.6. The normalized spacial score (nSPS) is 13.9.